The topological polar surface area (TPSA) is 18.5 Å². The molecule has 4 aliphatic carbocycles. The first kappa shape index (κ1) is 12.5. The Bertz CT molecular complexity index is 402. The third kappa shape index (κ3) is 1.43. The Kier molecular flexibility index (Phi) is 2.63. The third-order valence-corrected chi connectivity index (χ3v) is 8.22. The van der Waals surface area contributed by atoms with Crippen LogP contribution in [0.1, 0.15) is 33.1 Å². The second-order valence-electron chi connectivity index (χ2n) is 8.48. The van der Waals surface area contributed by atoms with Gasteiger partial charge in [0.25, 0.3) is 0 Å². The van der Waals surface area contributed by atoms with Gasteiger partial charge in [0.15, 0.2) is 0 Å². The highest BCUT2D eigenvalue weighted by Crippen LogP contribution is 2.71. The highest BCUT2D eigenvalue weighted by atomic mass is 16.6. The SMILES string of the molecule is CC1C(C)C2CC1C1C3CC(C4COCCO4)C(C3)C21. The van der Waals surface area contributed by atoms with Gasteiger partial charge in [0.05, 0.1) is 25.9 Å². The molecule has 112 valence electrons. The quantitative estimate of drug-likeness (QED) is 0.685. The number of hydrogen-bond acceptors (Lipinski definition) is 2. The minimum Gasteiger partial charge on any atom is -0.376 e. The molecule has 20 heavy (non-hydrogen) atoms. The van der Waals surface area contributed by atoms with Gasteiger partial charge in [-0.2, -0.15) is 0 Å². The first-order valence-electron chi connectivity index (χ1n) is 8.95. The van der Waals surface area contributed by atoms with Crippen molar-refractivity contribution in [2.75, 3.05) is 19.8 Å². The Hall–Kier alpha value is -0.0800. The molecule has 1 aliphatic heterocycles. The van der Waals surface area contributed by atoms with Gasteiger partial charge >= 0.3 is 0 Å². The van der Waals surface area contributed by atoms with Crippen LogP contribution in [0.25, 0.3) is 0 Å². The number of fused-ring (bicyclic) bond motifs is 9. The summed E-state index contributed by atoms with van der Waals surface area (Å²) in [6, 6.07) is 0. The van der Waals surface area contributed by atoms with Gasteiger partial charge in [-0.15, -0.1) is 0 Å². The van der Waals surface area contributed by atoms with Crippen molar-refractivity contribution >= 4 is 0 Å². The Morgan fingerprint density at radius 3 is 2.25 bits per heavy atom. The molecule has 1 heterocycles. The van der Waals surface area contributed by atoms with E-state index in [9.17, 15) is 0 Å². The van der Waals surface area contributed by atoms with Crippen molar-refractivity contribution in [1.29, 1.82) is 0 Å². The van der Waals surface area contributed by atoms with Crippen molar-refractivity contribution < 1.29 is 9.47 Å². The van der Waals surface area contributed by atoms with E-state index in [1.807, 2.05) is 0 Å². The maximum absolute atomic E-state index is 6.07. The van der Waals surface area contributed by atoms with Crippen molar-refractivity contribution in [3.8, 4) is 0 Å². The van der Waals surface area contributed by atoms with Gasteiger partial charge in [-0.25, -0.2) is 0 Å². The summed E-state index contributed by atoms with van der Waals surface area (Å²) >= 11 is 0. The van der Waals surface area contributed by atoms with E-state index in [2.05, 4.69) is 13.8 Å². The van der Waals surface area contributed by atoms with Crippen LogP contribution >= 0.6 is 0 Å². The molecular formula is C18H28O2. The molecule has 0 amide bonds. The van der Waals surface area contributed by atoms with Gasteiger partial charge in [0, 0.05) is 0 Å². The fraction of sp³-hybridized carbons (Fsp3) is 1.00. The molecule has 0 spiro atoms. The maximum atomic E-state index is 6.07. The Morgan fingerprint density at radius 2 is 1.50 bits per heavy atom. The monoisotopic (exact) mass is 276 g/mol. The number of hydrogen-bond donors (Lipinski definition) is 0. The van der Waals surface area contributed by atoms with Crippen LogP contribution in [0.3, 0.4) is 0 Å². The molecule has 4 bridgehead atoms. The highest BCUT2D eigenvalue weighted by molar-refractivity contribution is 5.14. The summed E-state index contributed by atoms with van der Waals surface area (Å²) in [5, 5.41) is 0. The van der Waals surface area contributed by atoms with Gasteiger partial charge in [-0.1, -0.05) is 13.8 Å². The van der Waals surface area contributed by atoms with Crippen LogP contribution in [-0.2, 0) is 9.47 Å². The molecule has 2 nitrogen and oxygen atoms in total. The molecule has 10 unspecified atom stereocenters. The Morgan fingerprint density at radius 1 is 0.750 bits per heavy atom. The first-order chi connectivity index (χ1) is 9.75. The second-order valence-corrected chi connectivity index (χ2v) is 8.48. The van der Waals surface area contributed by atoms with Crippen molar-refractivity contribution in [2.45, 2.75) is 39.2 Å². The molecule has 10 atom stereocenters. The van der Waals surface area contributed by atoms with E-state index < -0.39 is 0 Å². The largest absolute Gasteiger partial charge is 0.376 e. The van der Waals surface area contributed by atoms with E-state index in [0.717, 1.165) is 73.1 Å². The van der Waals surface area contributed by atoms with E-state index in [1.165, 1.54) is 12.8 Å². The van der Waals surface area contributed by atoms with Crippen molar-refractivity contribution in [3.63, 3.8) is 0 Å². The molecule has 0 N–H and O–H groups in total. The van der Waals surface area contributed by atoms with E-state index in [-0.39, 0.29) is 0 Å². The van der Waals surface area contributed by atoms with Crippen molar-refractivity contribution in [1.82, 2.24) is 0 Å². The summed E-state index contributed by atoms with van der Waals surface area (Å²) in [7, 11) is 0. The molecule has 5 rings (SSSR count). The predicted molar refractivity (Wildman–Crippen MR) is 77.2 cm³/mol. The lowest BCUT2D eigenvalue weighted by Crippen LogP contribution is -2.44. The summed E-state index contributed by atoms with van der Waals surface area (Å²) in [4.78, 5) is 0. The fourth-order valence-corrected chi connectivity index (χ4v) is 7.46. The smallest absolute Gasteiger partial charge is 0.0840 e. The first-order valence-corrected chi connectivity index (χ1v) is 8.95. The van der Waals surface area contributed by atoms with Crippen molar-refractivity contribution in [2.24, 2.45) is 53.3 Å². The molecule has 0 aromatic rings. The van der Waals surface area contributed by atoms with Crippen molar-refractivity contribution in [3.05, 3.63) is 0 Å². The molecule has 5 aliphatic rings. The zero-order chi connectivity index (χ0) is 13.4. The standard InChI is InChI=1S/C18H28O2/c1-9-10(2)13-7-12(9)17-11-5-14(15(6-11)18(13)17)16-8-19-3-4-20-16/h9-18H,3-8H2,1-2H3. The minimum atomic E-state index is 0.423. The molecule has 0 aromatic carbocycles. The summed E-state index contributed by atoms with van der Waals surface area (Å²) in [6.07, 6.45) is 4.95. The van der Waals surface area contributed by atoms with Crippen LogP contribution in [0.2, 0.25) is 0 Å². The lowest BCUT2D eigenvalue weighted by atomic mass is 9.61. The summed E-state index contributed by atoms with van der Waals surface area (Å²) in [6.45, 7) is 7.57. The average molecular weight is 276 g/mol. The Balaban J connectivity index is 1.40. The predicted octanol–water partition coefficient (Wildman–Crippen LogP) is 3.21. The van der Waals surface area contributed by atoms with Gasteiger partial charge in [0.2, 0.25) is 0 Å². The van der Waals surface area contributed by atoms with Gasteiger partial charge in [0.1, 0.15) is 0 Å². The average Bonchev–Trinajstić information content (AvgIpc) is 3.20. The van der Waals surface area contributed by atoms with Crippen LogP contribution in [0, 0.1) is 53.3 Å². The second kappa shape index (κ2) is 4.23. The fourth-order valence-electron chi connectivity index (χ4n) is 7.46. The lowest BCUT2D eigenvalue weighted by molar-refractivity contribution is -0.129. The number of ether oxygens (including phenoxy) is 2. The minimum absolute atomic E-state index is 0.423. The molecule has 0 aromatic heterocycles. The van der Waals surface area contributed by atoms with Gasteiger partial charge in [-0.3, -0.25) is 0 Å². The van der Waals surface area contributed by atoms with Crippen LogP contribution in [-0.4, -0.2) is 25.9 Å². The van der Waals surface area contributed by atoms with E-state index >= 15 is 0 Å². The van der Waals surface area contributed by atoms with Gasteiger partial charge in [-0.05, 0) is 72.5 Å². The molecule has 4 saturated carbocycles. The van der Waals surface area contributed by atoms with E-state index in [1.54, 1.807) is 6.42 Å². The summed E-state index contributed by atoms with van der Waals surface area (Å²) in [5.74, 6) is 9.06. The summed E-state index contributed by atoms with van der Waals surface area (Å²) < 4.78 is 11.8. The van der Waals surface area contributed by atoms with E-state index in [4.69, 9.17) is 9.47 Å². The zero-order valence-corrected chi connectivity index (χ0v) is 12.8. The lowest BCUT2D eigenvalue weighted by Gasteiger charge is -2.45. The van der Waals surface area contributed by atoms with Crippen LogP contribution in [0.4, 0.5) is 0 Å². The zero-order valence-electron chi connectivity index (χ0n) is 12.8. The summed E-state index contributed by atoms with van der Waals surface area (Å²) in [5.41, 5.74) is 0. The third-order valence-electron chi connectivity index (χ3n) is 8.22. The van der Waals surface area contributed by atoms with Crippen LogP contribution in [0.5, 0.6) is 0 Å². The van der Waals surface area contributed by atoms with Crippen LogP contribution in [0.15, 0.2) is 0 Å². The van der Waals surface area contributed by atoms with E-state index in [0.29, 0.717) is 6.10 Å². The molecule has 5 fully saturated rings. The maximum Gasteiger partial charge on any atom is 0.0840 e. The number of rotatable bonds is 1. The molecule has 1 saturated heterocycles. The molecule has 2 heteroatoms. The Labute approximate surface area is 122 Å². The normalized spacial score (nSPS) is 63.9. The highest BCUT2D eigenvalue weighted by Gasteiger charge is 2.66. The van der Waals surface area contributed by atoms with Gasteiger partial charge < -0.3 is 9.47 Å². The molecular weight excluding hydrogens is 248 g/mol. The molecule has 0 radical (unpaired) electrons. The van der Waals surface area contributed by atoms with Crippen LogP contribution < -0.4 is 0 Å².